The maximum absolute atomic E-state index is 4.69. The Labute approximate surface area is 158 Å². The first-order valence-electron chi connectivity index (χ1n) is 9.37. The van der Waals surface area contributed by atoms with E-state index < -0.39 is 0 Å². The lowest BCUT2D eigenvalue weighted by atomic mass is 10.0. The quantitative estimate of drug-likeness (QED) is 0.406. The van der Waals surface area contributed by atoms with Crippen molar-refractivity contribution in [3.05, 3.63) is 84.7 Å². The van der Waals surface area contributed by atoms with Crippen LogP contribution in [-0.2, 0) is 13.5 Å². The second-order valence-corrected chi connectivity index (χ2v) is 6.88. The minimum Gasteiger partial charge on any atom is -0.344 e. The number of fused-ring (bicyclic) bond motifs is 3. The van der Waals surface area contributed by atoms with E-state index in [-0.39, 0.29) is 0 Å². The van der Waals surface area contributed by atoms with Crippen LogP contribution in [0.3, 0.4) is 0 Å². The molecule has 27 heavy (non-hydrogen) atoms. The molecule has 0 aliphatic rings. The lowest BCUT2D eigenvalue weighted by Crippen LogP contribution is -2.02. The Morgan fingerprint density at radius 3 is 2.44 bits per heavy atom. The number of nitrogens with zero attached hydrogens (tertiary/aromatic N) is 3. The molecule has 0 atom stereocenters. The summed E-state index contributed by atoms with van der Waals surface area (Å²) in [6.45, 7) is 2.22. The van der Waals surface area contributed by atoms with Gasteiger partial charge in [0.15, 0.2) is 0 Å². The highest BCUT2D eigenvalue weighted by atomic mass is 15.1. The lowest BCUT2D eigenvalue weighted by Gasteiger charge is -2.15. The van der Waals surface area contributed by atoms with E-state index in [4.69, 9.17) is 0 Å². The van der Waals surface area contributed by atoms with Crippen molar-refractivity contribution in [2.75, 3.05) is 0 Å². The lowest BCUT2D eigenvalue weighted by molar-refractivity contribution is 1.00. The Hall–Kier alpha value is -3.33. The smallest absolute Gasteiger partial charge is 0.144 e. The Kier molecular flexibility index (Phi) is 3.61. The molecule has 3 heteroatoms. The van der Waals surface area contributed by atoms with Crippen LogP contribution in [0, 0.1) is 0 Å². The molecule has 0 fully saturated rings. The largest absolute Gasteiger partial charge is 0.344 e. The van der Waals surface area contributed by atoms with Crippen LogP contribution >= 0.6 is 0 Å². The number of imidazole rings is 1. The monoisotopic (exact) mass is 351 g/mol. The summed E-state index contributed by atoms with van der Waals surface area (Å²) in [5.74, 6) is 0.978. The number of aryl methyl sites for hydroxylation is 2. The van der Waals surface area contributed by atoms with Gasteiger partial charge in [-0.15, -0.1) is 0 Å². The van der Waals surface area contributed by atoms with Gasteiger partial charge in [-0.25, -0.2) is 4.98 Å². The molecule has 0 radical (unpaired) electrons. The molecule has 132 valence electrons. The predicted octanol–water partition coefficient (Wildman–Crippen LogP) is 5.75. The molecule has 0 saturated heterocycles. The maximum atomic E-state index is 4.69. The Morgan fingerprint density at radius 1 is 0.852 bits per heavy atom. The van der Waals surface area contributed by atoms with Crippen LogP contribution in [0.2, 0.25) is 0 Å². The van der Waals surface area contributed by atoms with Crippen molar-refractivity contribution in [1.29, 1.82) is 0 Å². The Balaban J connectivity index is 1.92. The molecule has 0 aliphatic heterocycles. The normalized spacial score (nSPS) is 11.5. The summed E-state index contributed by atoms with van der Waals surface area (Å²) in [4.78, 5) is 4.69. The van der Waals surface area contributed by atoms with Crippen LogP contribution in [0.25, 0.3) is 38.9 Å². The maximum Gasteiger partial charge on any atom is 0.144 e. The number of rotatable bonds is 3. The first-order chi connectivity index (χ1) is 13.3. The SMILES string of the molecule is CCc1ccc2c(c1-n1ccnc1-c1ccccc1)c1ccccc1n2C. The van der Waals surface area contributed by atoms with Crippen LogP contribution in [0.5, 0.6) is 0 Å². The van der Waals surface area contributed by atoms with Crippen molar-refractivity contribution in [1.82, 2.24) is 14.1 Å². The summed E-state index contributed by atoms with van der Waals surface area (Å²) in [7, 11) is 2.14. The van der Waals surface area contributed by atoms with E-state index in [1.54, 1.807) is 0 Å². The van der Waals surface area contributed by atoms with Gasteiger partial charge in [-0.1, -0.05) is 61.5 Å². The fraction of sp³-hybridized carbons (Fsp3) is 0.125. The number of aromatic nitrogens is 3. The van der Waals surface area contributed by atoms with E-state index in [2.05, 4.69) is 95.0 Å². The van der Waals surface area contributed by atoms with Crippen LogP contribution in [0.1, 0.15) is 12.5 Å². The summed E-state index contributed by atoms with van der Waals surface area (Å²) in [5, 5.41) is 2.58. The minimum atomic E-state index is 0.973. The molecular formula is C24H21N3. The van der Waals surface area contributed by atoms with E-state index in [9.17, 15) is 0 Å². The van der Waals surface area contributed by atoms with Gasteiger partial charge < -0.3 is 4.57 Å². The molecule has 0 amide bonds. The van der Waals surface area contributed by atoms with Crippen LogP contribution in [0.15, 0.2) is 79.1 Å². The fourth-order valence-corrected chi connectivity index (χ4v) is 4.12. The fourth-order valence-electron chi connectivity index (χ4n) is 4.12. The van der Waals surface area contributed by atoms with Crippen molar-refractivity contribution in [3.63, 3.8) is 0 Å². The van der Waals surface area contributed by atoms with Crippen LogP contribution in [-0.4, -0.2) is 14.1 Å². The summed E-state index contributed by atoms with van der Waals surface area (Å²) in [6.07, 6.45) is 4.95. The number of hydrogen-bond acceptors (Lipinski definition) is 1. The van der Waals surface area contributed by atoms with E-state index in [1.165, 1.54) is 33.1 Å². The molecule has 3 nitrogen and oxygen atoms in total. The van der Waals surface area contributed by atoms with Gasteiger partial charge in [-0.3, -0.25) is 4.57 Å². The molecule has 0 spiro atoms. The molecule has 0 N–H and O–H groups in total. The molecule has 0 unspecified atom stereocenters. The van der Waals surface area contributed by atoms with Crippen molar-refractivity contribution in [2.45, 2.75) is 13.3 Å². The highest BCUT2D eigenvalue weighted by molar-refractivity contribution is 6.12. The van der Waals surface area contributed by atoms with E-state index >= 15 is 0 Å². The summed E-state index contributed by atoms with van der Waals surface area (Å²) < 4.78 is 4.54. The van der Waals surface area contributed by atoms with Crippen molar-refractivity contribution in [2.24, 2.45) is 7.05 Å². The van der Waals surface area contributed by atoms with Gasteiger partial charge in [0.1, 0.15) is 5.82 Å². The van der Waals surface area contributed by atoms with Gasteiger partial charge in [-0.2, -0.15) is 0 Å². The van der Waals surface area contributed by atoms with Gasteiger partial charge in [0.25, 0.3) is 0 Å². The van der Waals surface area contributed by atoms with E-state index in [0.717, 1.165) is 17.8 Å². The van der Waals surface area contributed by atoms with Gasteiger partial charge in [0.05, 0.1) is 11.2 Å². The number of benzene rings is 3. The molecule has 0 bridgehead atoms. The number of para-hydroxylation sites is 1. The minimum absolute atomic E-state index is 0.973. The highest BCUT2D eigenvalue weighted by Crippen LogP contribution is 2.36. The Bertz CT molecular complexity index is 1260. The first-order valence-corrected chi connectivity index (χ1v) is 9.37. The first kappa shape index (κ1) is 15.9. The Morgan fingerprint density at radius 2 is 1.63 bits per heavy atom. The van der Waals surface area contributed by atoms with Crippen molar-refractivity contribution >= 4 is 21.8 Å². The molecule has 0 saturated carbocycles. The third kappa shape index (κ3) is 2.32. The van der Waals surface area contributed by atoms with Crippen LogP contribution < -0.4 is 0 Å². The summed E-state index contributed by atoms with van der Waals surface area (Å²) in [5.41, 5.74) is 6.19. The third-order valence-electron chi connectivity index (χ3n) is 5.43. The van der Waals surface area contributed by atoms with Gasteiger partial charge in [-0.05, 0) is 24.1 Å². The zero-order valence-electron chi connectivity index (χ0n) is 15.6. The highest BCUT2D eigenvalue weighted by Gasteiger charge is 2.18. The molecule has 2 aromatic heterocycles. The predicted molar refractivity (Wildman–Crippen MR) is 112 cm³/mol. The van der Waals surface area contributed by atoms with E-state index in [1.807, 2.05) is 12.3 Å². The van der Waals surface area contributed by atoms with E-state index in [0.29, 0.717) is 0 Å². The zero-order chi connectivity index (χ0) is 18.4. The molecule has 2 heterocycles. The van der Waals surface area contributed by atoms with Gasteiger partial charge >= 0.3 is 0 Å². The second kappa shape index (κ2) is 6.13. The summed E-state index contributed by atoms with van der Waals surface area (Å²) >= 11 is 0. The molecule has 5 aromatic rings. The molecular weight excluding hydrogens is 330 g/mol. The topological polar surface area (TPSA) is 22.8 Å². The number of hydrogen-bond donors (Lipinski definition) is 0. The van der Waals surface area contributed by atoms with Crippen molar-refractivity contribution in [3.8, 4) is 17.1 Å². The van der Waals surface area contributed by atoms with Crippen molar-refractivity contribution < 1.29 is 0 Å². The molecule has 0 aliphatic carbocycles. The molecule has 3 aromatic carbocycles. The zero-order valence-corrected chi connectivity index (χ0v) is 15.6. The summed E-state index contributed by atoms with van der Waals surface area (Å²) in [6, 6.07) is 23.5. The van der Waals surface area contributed by atoms with Gasteiger partial charge in [0, 0.05) is 41.3 Å². The second-order valence-electron chi connectivity index (χ2n) is 6.88. The van der Waals surface area contributed by atoms with Gasteiger partial charge in [0.2, 0.25) is 0 Å². The average Bonchev–Trinajstić information content (AvgIpc) is 3.32. The standard InChI is InChI=1S/C24H21N3/c1-3-17-13-14-21-22(19-11-7-8-12-20(19)26(21)2)23(17)27-16-15-25-24(27)18-9-5-4-6-10-18/h4-16H,3H2,1-2H3. The third-order valence-corrected chi connectivity index (χ3v) is 5.43. The molecule has 5 rings (SSSR count). The van der Waals surface area contributed by atoms with Crippen LogP contribution in [0.4, 0.5) is 0 Å². The average molecular weight is 351 g/mol.